The Morgan fingerprint density at radius 1 is 1.04 bits per heavy atom. The fourth-order valence-corrected chi connectivity index (χ4v) is 2.19. The average Bonchev–Trinajstić information content (AvgIpc) is 2.58. The molecule has 5 nitrogen and oxygen atoms in total. The summed E-state index contributed by atoms with van der Waals surface area (Å²) in [4.78, 5) is 23.7. The lowest BCUT2D eigenvalue weighted by Gasteiger charge is -2.14. The lowest BCUT2D eigenvalue weighted by atomic mass is 10.0. The summed E-state index contributed by atoms with van der Waals surface area (Å²) in [6, 6.07) is 13.9. The van der Waals surface area contributed by atoms with Gasteiger partial charge in [-0.3, -0.25) is 20.4 Å². The molecule has 0 bridgehead atoms. The molecule has 2 aromatic carbocycles. The number of hydrazine groups is 1. The normalized spacial score (nSPS) is 10.3. The molecular weight excluding hydrogens is 328 g/mol. The van der Waals surface area contributed by atoms with Crippen LogP contribution >= 0.6 is 11.6 Å². The Kier molecular flexibility index (Phi) is 6.21. The molecule has 6 heteroatoms. The van der Waals surface area contributed by atoms with Gasteiger partial charge in [-0.1, -0.05) is 43.6 Å². The van der Waals surface area contributed by atoms with Crippen molar-refractivity contribution in [3.05, 3.63) is 64.7 Å². The van der Waals surface area contributed by atoms with E-state index < -0.39 is 11.8 Å². The number of hydrogen-bond acceptors (Lipinski definition) is 3. The second kappa shape index (κ2) is 8.36. The maximum atomic E-state index is 11.9. The molecule has 0 aliphatic rings. The second-order valence-corrected chi connectivity index (χ2v) is 5.93. The molecule has 0 spiro atoms. The predicted molar refractivity (Wildman–Crippen MR) is 93.1 cm³/mol. The Morgan fingerprint density at radius 3 is 2.38 bits per heavy atom. The molecule has 2 aromatic rings. The minimum absolute atomic E-state index is 0.190. The molecule has 0 saturated carbocycles. The Bertz CT molecular complexity index is 714. The number of carbonyl (C=O) groups excluding carboxylic acids is 2. The van der Waals surface area contributed by atoms with E-state index in [1.165, 1.54) is 0 Å². The Labute approximate surface area is 145 Å². The zero-order chi connectivity index (χ0) is 17.5. The van der Waals surface area contributed by atoms with Crippen LogP contribution in [-0.4, -0.2) is 18.4 Å². The summed E-state index contributed by atoms with van der Waals surface area (Å²) in [5, 5.41) is 0.535. The minimum Gasteiger partial charge on any atom is -0.483 e. The zero-order valence-electron chi connectivity index (χ0n) is 13.5. The Balaban J connectivity index is 1.84. The van der Waals surface area contributed by atoms with E-state index in [4.69, 9.17) is 16.3 Å². The largest absolute Gasteiger partial charge is 0.483 e. The molecule has 0 heterocycles. The third kappa shape index (κ3) is 4.99. The van der Waals surface area contributed by atoms with Crippen LogP contribution in [0.15, 0.2) is 48.5 Å². The van der Waals surface area contributed by atoms with Crippen LogP contribution in [0.25, 0.3) is 0 Å². The summed E-state index contributed by atoms with van der Waals surface area (Å²) in [6.45, 7) is 3.91. The molecule has 0 saturated heterocycles. The van der Waals surface area contributed by atoms with Gasteiger partial charge in [-0.15, -0.1) is 0 Å². The number of halogens is 1. The predicted octanol–water partition coefficient (Wildman–Crippen LogP) is 3.30. The summed E-state index contributed by atoms with van der Waals surface area (Å²) in [5.74, 6) is 0.0685. The third-order valence-corrected chi connectivity index (χ3v) is 3.57. The molecule has 24 heavy (non-hydrogen) atoms. The number of ether oxygens (including phenoxy) is 1. The fourth-order valence-electron chi connectivity index (χ4n) is 2.07. The SMILES string of the molecule is CC(C)c1ccccc1OCC(=O)NNC(=O)c1ccc(Cl)cc1. The third-order valence-electron chi connectivity index (χ3n) is 3.32. The summed E-state index contributed by atoms with van der Waals surface area (Å²) < 4.78 is 5.53. The molecule has 0 fully saturated rings. The van der Waals surface area contributed by atoms with Crippen molar-refractivity contribution in [2.24, 2.45) is 0 Å². The van der Waals surface area contributed by atoms with Crippen molar-refractivity contribution < 1.29 is 14.3 Å². The first-order chi connectivity index (χ1) is 11.5. The molecule has 0 atom stereocenters. The highest BCUT2D eigenvalue weighted by molar-refractivity contribution is 6.30. The molecule has 0 radical (unpaired) electrons. The molecule has 2 rings (SSSR count). The monoisotopic (exact) mass is 346 g/mol. The molecule has 0 unspecified atom stereocenters. The smallest absolute Gasteiger partial charge is 0.276 e. The van der Waals surface area contributed by atoms with Gasteiger partial charge < -0.3 is 4.74 Å². The topological polar surface area (TPSA) is 67.4 Å². The van der Waals surface area contributed by atoms with Gasteiger partial charge in [-0.2, -0.15) is 0 Å². The number of rotatable bonds is 5. The van der Waals surface area contributed by atoms with Crippen molar-refractivity contribution >= 4 is 23.4 Å². The molecule has 2 amide bonds. The van der Waals surface area contributed by atoms with Crippen molar-refractivity contribution in [3.63, 3.8) is 0 Å². The highest BCUT2D eigenvalue weighted by Crippen LogP contribution is 2.25. The van der Waals surface area contributed by atoms with Gasteiger partial charge in [-0.25, -0.2) is 0 Å². The zero-order valence-corrected chi connectivity index (χ0v) is 14.3. The van der Waals surface area contributed by atoms with E-state index in [0.29, 0.717) is 16.3 Å². The van der Waals surface area contributed by atoms with E-state index >= 15 is 0 Å². The van der Waals surface area contributed by atoms with Crippen LogP contribution < -0.4 is 15.6 Å². The van der Waals surface area contributed by atoms with E-state index in [1.54, 1.807) is 24.3 Å². The second-order valence-electron chi connectivity index (χ2n) is 5.49. The van der Waals surface area contributed by atoms with Crippen molar-refractivity contribution in [2.75, 3.05) is 6.61 Å². The van der Waals surface area contributed by atoms with Gasteiger partial charge >= 0.3 is 0 Å². The number of benzene rings is 2. The van der Waals surface area contributed by atoms with Gasteiger partial charge in [0.1, 0.15) is 5.75 Å². The number of nitrogens with one attached hydrogen (secondary N) is 2. The molecule has 2 N–H and O–H groups in total. The Hall–Kier alpha value is -2.53. The highest BCUT2D eigenvalue weighted by atomic mass is 35.5. The van der Waals surface area contributed by atoms with Crippen LogP contribution in [0, 0.1) is 0 Å². The van der Waals surface area contributed by atoms with Crippen molar-refractivity contribution in [1.82, 2.24) is 10.9 Å². The Morgan fingerprint density at radius 2 is 1.71 bits per heavy atom. The van der Waals surface area contributed by atoms with E-state index in [2.05, 4.69) is 24.7 Å². The number of para-hydroxylation sites is 1. The van der Waals surface area contributed by atoms with Gasteiger partial charge in [0.15, 0.2) is 6.61 Å². The van der Waals surface area contributed by atoms with Crippen molar-refractivity contribution in [2.45, 2.75) is 19.8 Å². The van der Waals surface area contributed by atoms with Crippen LogP contribution in [0.2, 0.25) is 5.02 Å². The summed E-state index contributed by atoms with van der Waals surface area (Å²) in [6.07, 6.45) is 0. The number of hydrogen-bond donors (Lipinski definition) is 2. The van der Waals surface area contributed by atoms with Gasteiger partial charge in [0.05, 0.1) is 0 Å². The van der Waals surface area contributed by atoms with Crippen molar-refractivity contribution in [3.8, 4) is 5.75 Å². The van der Waals surface area contributed by atoms with Crippen LogP contribution in [0.4, 0.5) is 0 Å². The van der Waals surface area contributed by atoms with Crippen LogP contribution in [0.1, 0.15) is 35.7 Å². The molecule has 126 valence electrons. The van der Waals surface area contributed by atoms with Gasteiger partial charge in [0.2, 0.25) is 0 Å². The lowest BCUT2D eigenvalue weighted by Crippen LogP contribution is -2.43. The average molecular weight is 347 g/mol. The van der Waals surface area contributed by atoms with Gasteiger partial charge in [-0.05, 0) is 41.8 Å². The minimum atomic E-state index is -0.448. The first kappa shape index (κ1) is 17.8. The maximum absolute atomic E-state index is 11.9. The molecule has 0 aliphatic heterocycles. The van der Waals surface area contributed by atoms with E-state index in [0.717, 1.165) is 5.56 Å². The maximum Gasteiger partial charge on any atom is 0.276 e. The van der Waals surface area contributed by atoms with E-state index in [9.17, 15) is 9.59 Å². The standard InChI is InChI=1S/C18H19ClN2O3/c1-12(2)15-5-3-4-6-16(15)24-11-17(22)20-21-18(23)13-7-9-14(19)10-8-13/h3-10,12H,11H2,1-2H3,(H,20,22)(H,21,23). The van der Waals surface area contributed by atoms with Gasteiger partial charge in [0.25, 0.3) is 11.8 Å². The first-order valence-corrected chi connectivity index (χ1v) is 7.91. The number of amides is 2. The molecule has 0 aliphatic carbocycles. The number of carbonyl (C=O) groups is 2. The van der Waals surface area contributed by atoms with E-state index in [-0.39, 0.29) is 12.5 Å². The lowest BCUT2D eigenvalue weighted by molar-refractivity contribution is -0.123. The van der Waals surface area contributed by atoms with E-state index in [1.807, 2.05) is 24.3 Å². The summed E-state index contributed by atoms with van der Waals surface area (Å²) >= 11 is 5.76. The molecule has 0 aromatic heterocycles. The fraction of sp³-hybridized carbons (Fsp3) is 0.222. The van der Waals surface area contributed by atoms with Crippen LogP contribution in [0.5, 0.6) is 5.75 Å². The van der Waals surface area contributed by atoms with Crippen LogP contribution in [-0.2, 0) is 4.79 Å². The van der Waals surface area contributed by atoms with Crippen LogP contribution in [0.3, 0.4) is 0 Å². The van der Waals surface area contributed by atoms with Gasteiger partial charge in [0, 0.05) is 10.6 Å². The summed E-state index contributed by atoms with van der Waals surface area (Å²) in [5.41, 5.74) is 6.07. The first-order valence-electron chi connectivity index (χ1n) is 7.54. The quantitative estimate of drug-likeness (QED) is 0.816. The van der Waals surface area contributed by atoms with Crippen molar-refractivity contribution in [1.29, 1.82) is 0 Å². The molecular formula is C18H19ClN2O3. The summed E-state index contributed by atoms with van der Waals surface area (Å²) in [7, 11) is 0. The highest BCUT2D eigenvalue weighted by Gasteiger charge is 2.10.